The summed E-state index contributed by atoms with van der Waals surface area (Å²) in [5.41, 5.74) is 1.97. The Labute approximate surface area is 175 Å². The SMILES string of the molecule is C=CCc1ccc(OCCOc2ccc(C=Nn3cnnc3)cc2OC)c(OC)c1. The van der Waals surface area contributed by atoms with Crippen molar-refractivity contribution in [2.24, 2.45) is 5.10 Å². The fourth-order valence-electron chi connectivity index (χ4n) is 2.70. The Balaban J connectivity index is 1.56. The quantitative estimate of drug-likeness (QED) is 0.275. The van der Waals surface area contributed by atoms with E-state index in [-0.39, 0.29) is 0 Å². The number of benzene rings is 2. The molecule has 3 aromatic rings. The number of ether oxygens (including phenoxy) is 4. The van der Waals surface area contributed by atoms with Crippen LogP contribution in [0.3, 0.4) is 0 Å². The Morgan fingerprint density at radius 1 is 0.900 bits per heavy atom. The summed E-state index contributed by atoms with van der Waals surface area (Å²) in [6.45, 7) is 4.46. The molecule has 0 aliphatic rings. The van der Waals surface area contributed by atoms with Crippen LogP contribution in [-0.2, 0) is 6.42 Å². The van der Waals surface area contributed by atoms with Crippen LogP contribution >= 0.6 is 0 Å². The molecule has 0 amide bonds. The van der Waals surface area contributed by atoms with Crippen LogP contribution < -0.4 is 18.9 Å². The van der Waals surface area contributed by atoms with Crippen LogP contribution in [0, 0.1) is 0 Å². The van der Waals surface area contributed by atoms with Crippen LogP contribution in [0.15, 0.2) is 66.8 Å². The van der Waals surface area contributed by atoms with Crippen molar-refractivity contribution < 1.29 is 18.9 Å². The minimum atomic E-state index is 0.349. The third-order valence-electron chi connectivity index (χ3n) is 4.14. The van der Waals surface area contributed by atoms with Gasteiger partial charge in [0.15, 0.2) is 23.0 Å². The molecule has 0 unspecified atom stereocenters. The number of nitrogens with zero attached hydrogens (tertiary/aromatic N) is 4. The summed E-state index contributed by atoms with van der Waals surface area (Å²) in [5.74, 6) is 2.58. The lowest BCUT2D eigenvalue weighted by Crippen LogP contribution is -2.10. The Kier molecular flexibility index (Phi) is 7.43. The third-order valence-corrected chi connectivity index (χ3v) is 4.14. The van der Waals surface area contributed by atoms with E-state index in [1.165, 1.54) is 17.3 Å². The van der Waals surface area contributed by atoms with Gasteiger partial charge in [-0.05, 0) is 47.9 Å². The highest BCUT2D eigenvalue weighted by molar-refractivity contribution is 5.80. The van der Waals surface area contributed by atoms with E-state index < -0.39 is 0 Å². The van der Waals surface area contributed by atoms with Crippen LogP contribution in [0.5, 0.6) is 23.0 Å². The van der Waals surface area contributed by atoms with Crippen LogP contribution in [0.4, 0.5) is 0 Å². The molecular formula is C22H24N4O4. The van der Waals surface area contributed by atoms with Gasteiger partial charge in [-0.25, -0.2) is 4.68 Å². The monoisotopic (exact) mass is 408 g/mol. The van der Waals surface area contributed by atoms with Crippen molar-refractivity contribution in [2.45, 2.75) is 6.42 Å². The minimum absolute atomic E-state index is 0.349. The second kappa shape index (κ2) is 10.7. The van der Waals surface area contributed by atoms with Crippen LogP contribution in [0.1, 0.15) is 11.1 Å². The molecule has 0 aliphatic heterocycles. The first-order chi connectivity index (χ1) is 14.7. The maximum absolute atomic E-state index is 5.82. The van der Waals surface area contributed by atoms with Gasteiger partial charge >= 0.3 is 0 Å². The van der Waals surface area contributed by atoms with Crippen LogP contribution in [0.2, 0.25) is 0 Å². The topological polar surface area (TPSA) is 80.0 Å². The fourth-order valence-corrected chi connectivity index (χ4v) is 2.70. The molecule has 30 heavy (non-hydrogen) atoms. The Bertz CT molecular complexity index is 987. The van der Waals surface area contributed by atoms with Gasteiger partial charge in [0.25, 0.3) is 0 Å². The summed E-state index contributed by atoms with van der Waals surface area (Å²) < 4.78 is 24.0. The summed E-state index contributed by atoms with van der Waals surface area (Å²) >= 11 is 0. The molecule has 156 valence electrons. The van der Waals surface area contributed by atoms with Gasteiger partial charge in [0.05, 0.1) is 20.4 Å². The molecule has 0 atom stereocenters. The summed E-state index contributed by atoms with van der Waals surface area (Å²) in [5, 5.41) is 11.6. The lowest BCUT2D eigenvalue weighted by Gasteiger charge is -2.14. The first kappa shape index (κ1) is 20.9. The Morgan fingerprint density at radius 3 is 2.17 bits per heavy atom. The lowest BCUT2D eigenvalue weighted by molar-refractivity contribution is 0.206. The molecule has 1 heterocycles. The predicted molar refractivity (Wildman–Crippen MR) is 114 cm³/mol. The summed E-state index contributed by atoms with van der Waals surface area (Å²) in [4.78, 5) is 0. The zero-order valence-electron chi connectivity index (χ0n) is 17.0. The first-order valence-electron chi connectivity index (χ1n) is 9.34. The van der Waals surface area contributed by atoms with Gasteiger partial charge in [0.2, 0.25) is 0 Å². The van der Waals surface area contributed by atoms with E-state index >= 15 is 0 Å². The molecule has 3 rings (SSSR count). The van der Waals surface area contributed by atoms with E-state index in [0.29, 0.717) is 36.2 Å². The Hall–Kier alpha value is -3.81. The van der Waals surface area contributed by atoms with E-state index in [1.807, 2.05) is 42.5 Å². The largest absolute Gasteiger partial charge is 0.493 e. The minimum Gasteiger partial charge on any atom is -0.493 e. The molecule has 2 aromatic carbocycles. The highest BCUT2D eigenvalue weighted by Crippen LogP contribution is 2.29. The number of aromatic nitrogens is 3. The van der Waals surface area contributed by atoms with Crippen LogP contribution in [0.25, 0.3) is 0 Å². The maximum Gasteiger partial charge on any atom is 0.161 e. The molecule has 0 spiro atoms. The maximum atomic E-state index is 5.82. The molecule has 0 radical (unpaired) electrons. The van der Waals surface area contributed by atoms with Crippen molar-refractivity contribution in [3.8, 4) is 23.0 Å². The summed E-state index contributed by atoms with van der Waals surface area (Å²) in [7, 11) is 3.21. The first-order valence-corrected chi connectivity index (χ1v) is 9.34. The standard InChI is InChI=1S/C22H24N4O4/c1-4-5-17-6-8-19(21(12-17)27-2)29-10-11-30-20-9-7-18(13-22(20)28-3)14-25-26-15-23-24-16-26/h4,6-9,12-16H,1,5,10-11H2,2-3H3. The number of allylic oxidation sites excluding steroid dienone is 1. The van der Waals surface area contributed by atoms with E-state index in [2.05, 4.69) is 21.9 Å². The van der Waals surface area contributed by atoms with Gasteiger partial charge in [-0.2, -0.15) is 5.10 Å². The van der Waals surface area contributed by atoms with Gasteiger partial charge in [-0.3, -0.25) is 0 Å². The van der Waals surface area contributed by atoms with Crippen molar-refractivity contribution in [1.82, 2.24) is 14.9 Å². The average Bonchev–Trinajstić information content (AvgIpc) is 3.30. The zero-order chi connectivity index (χ0) is 21.2. The van der Waals surface area contributed by atoms with Crippen molar-refractivity contribution in [3.63, 3.8) is 0 Å². The van der Waals surface area contributed by atoms with Gasteiger partial charge < -0.3 is 18.9 Å². The van der Waals surface area contributed by atoms with Crippen molar-refractivity contribution in [3.05, 3.63) is 72.8 Å². The van der Waals surface area contributed by atoms with E-state index in [0.717, 1.165) is 17.5 Å². The van der Waals surface area contributed by atoms with E-state index in [4.69, 9.17) is 18.9 Å². The highest BCUT2D eigenvalue weighted by atomic mass is 16.5. The molecule has 0 saturated carbocycles. The lowest BCUT2D eigenvalue weighted by atomic mass is 10.1. The molecule has 0 bridgehead atoms. The molecule has 0 saturated heterocycles. The molecule has 0 N–H and O–H groups in total. The van der Waals surface area contributed by atoms with Crippen molar-refractivity contribution >= 4 is 6.21 Å². The molecule has 0 aliphatic carbocycles. The van der Waals surface area contributed by atoms with Gasteiger partial charge in [-0.15, -0.1) is 16.8 Å². The summed E-state index contributed by atoms with van der Waals surface area (Å²) in [6, 6.07) is 11.4. The second-order valence-electron chi connectivity index (χ2n) is 6.17. The van der Waals surface area contributed by atoms with E-state index in [9.17, 15) is 0 Å². The molecule has 1 aromatic heterocycles. The summed E-state index contributed by atoms with van der Waals surface area (Å²) in [6.07, 6.45) is 7.32. The zero-order valence-corrected chi connectivity index (χ0v) is 17.0. The number of rotatable bonds is 11. The highest BCUT2D eigenvalue weighted by Gasteiger charge is 2.08. The number of hydrogen-bond acceptors (Lipinski definition) is 7. The molecule has 8 heteroatoms. The molecule has 0 fully saturated rings. The van der Waals surface area contributed by atoms with Gasteiger partial charge in [0.1, 0.15) is 25.9 Å². The smallest absolute Gasteiger partial charge is 0.161 e. The third kappa shape index (κ3) is 5.60. The van der Waals surface area contributed by atoms with Gasteiger partial charge in [-0.1, -0.05) is 12.1 Å². The molecular weight excluding hydrogens is 384 g/mol. The molecule has 8 nitrogen and oxygen atoms in total. The van der Waals surface area contributed by atoms with Crippen molar-refractivity contribution in [2.75, 3.05) is 27.4 Å². The number of hydrogen-bond donors (Lipinski definition) is 0. The fraction of sp³-hybridized carbons (Fsp3) is 0.227. The second-order valence-corrected chi connectivity index (χ2v) is 6.17. The van der Waals surface area contributed by atoms with Crippen molar-refractivity contribution in [1.29, 1.82) is 0 Å². The van der Waals surface area contributed by atoms with Crippen LogP contribution in [-0.4, -0.2) is 48.5 Å². The normalized spacial score (nSPS) is 10.7. The average molecular weight is 408 g/mol. The number of methoxy groups -OCH3 is 2. The van der Waals surface area contributed by atoms with Gasteiger partial charge in [0, 0.05) is 0 Å². The Morgan fingerprint density at radius 2 is 1.53 bits per heavy atom. The van der Waals surface area contributed by atoms with E-state index in [1.54, 1.807) is 20.4 Å². The predicted octanol–water partition coefficient (Wildman–Crippen LogP) is 3.36.